The van der Waals surface area contributed by atoms with E-state index in [-0.39, 0.29) is 0 Å². The van der Waals surface area contributed by atoms with Crippen LogP contribution in [0.25, 0.3) is 0 Å². The summed E-state index contributed by atoms with van der Waals surface area (Å²) in [5, 5.41) is 0. The lowest BCUT2D eigenvalue weighted by molar-refractivity contribution is 0.368. The molecule has 0 spiro atoms. The van der Waals surface area contributed by atoms with Gasteiger partial charge in [0.05, 0.1) is 0 Å². The average Bonchev–Trinajstić information content (AvgIpc) is 2.02. The van der Waals surface area contributed by atoms with Crippen molar-refractivity contribution in [1.29, 1.82) is 0 Å². The van der Waals surface area contributed by atoms with Crippen molar-refractivity contribution < 1.29 is 0 Å². The fourth-order valence-electron chi connectivity index (χ4n) is 0.967. The molecule has 0 atom stereocenters. The van der Waals surface area contributed by atoms with Crippen LogP contribution in [-0.4, -0.2) is 31.3 Å². The zero-order valence-electron chi connectivity index (χ0n) is 6.45. The predicted octanol–water partition coefficient (Wildman–Crippen LogP) is 1.30. The molecule has 0 N–H and O–H groups in total. The number of hydrogen-bond donors (Lipinski definition) is 0. The van der Waals surface area contributed by atoms with Gasteiger partial charge in [0.25, 0.3) is 0 Å². The zero-order chi connectivity index (χ0) is 7.23. The molecule has 56 valence electrons. The van der Waals surface area contributed by atoms with Crippen molar-refractivity contribution in [2.75, 3.05) is 20.1 Å². The first-order valence-electron chi connectivity index (χ1n) is 3.75. The summed E-state index contributed by atoms with van der Waals surface area (Å²) in [7, 11) is 2.13. The summed E-state index contributed by atoms with van der Waals surface area (Å²) in [6, 6.07) is 0. The van der Waals surface area contributed by atoms with Gasteiger partial charge in [0, 0.05) is 19.0 Å². The van der Waals surface area contributed by atoms with Gasteiger partial charge in [0.15, 0.2) is 0 Å². The lowest BCUT2D eigenvalue weighted by Crippen LogP contribution is -2.19. The highest BCUT2D eigenvalue weighted by Gasteiger charge is 1.94. The second-order valence-corrected chi connectivity index (χ2v) is 2.62. The summed E-state index contributed by atoms with van der Waals surface area (Å²) in [6.45, 7) is 2.20. The molecular weight excluding hydrogens is 124 g/mol. The minimum absolute atomic E-state index is 1.03. The van der Waals surface area contributed by atoms with E-state index >= 15 is 0 Å². The number of aliphatic imine (C=N–C) groups is 1. The Labute approximate surface area is 62.3 Å². The standard InChI is InChI=1S/C8H14N2/c1-10-7-3-2-5-9-6-4-8-10/h4-6H,2-3,7-8H2,1H3/b6-4-,9-5?. The molecule has 0 bridgehead atoms. The van der Waals surface area contributed by atoms with E-state index in [0.717, 1.165) is 13.0 Å². The number of likely N-dealkylation sites (N-methyl/N-ethyl adjacent to an activating group) is 1. The monoisotopic (exact) mass is 138 g/mol. The molecular formula is C8H14N2. The maximum Gasteiger partial charge on any atom is 0.0236 e. The van der Waals surface area contributed by atoms with E-state index < -0.39 is 0 Å². The van der Waals surface area contributed by atoms with E-state index in [0.29, 0.717) is 0 Å². The SMILES string of the molecule is CN1C/C=C\N=CCCC1. The van der Waals surface area contributed by atoms with Crippen LogP contribution in [0.15, 0.2) is 17.3 Å². The van der Waals surface area contributed by atoms with E-state index in [1.807, 2.05) is 12.4 Å². The smallest absolute Gasteiger partial charge is 0.0236 e. The van der Waals surface area contributed by atoms with Crippen molar-refractivity contribution in [3.05, 3.63) is 12.3 Å². The molecule has 2 nitrogen and oxygen atoms in total. The van der Waals surface area contributed by atoms with Crippen molar-refractivity contribution >= 4 is 6.21 Å². The topological polar surface area (TPSA) is 15.6 Å². The van der Waals surface area contributed by atoms with Gasteiger partial charge in [0.2, 0.25) is 0 Å². The molecule has 1 aliphatic heterocycles. The Morgan fingerprint density at radius 1 is 1.50 bits per heavy atom. The normalized spacial score (nSPS) is 24.9. The first-order chi connectivity index (χ1) is 4.89. The molecule has 0 aliphatic carbocycles. The molecule has 0 fully saturated rings. The van der Waals surface area contributed by atoms with Crippen LogP contribution in [0.1, 0.15) is 12.8 Å². The number of nitrogens with zero attached hydrogens (tertiary/aromatic N) is 2. The first-order valence-corrected chi connectivity index (χ1v) is 3.75. The molecule has 0 aromatic heterocycles. The number of rotatable bonds is 0. The second kappa shape index (κ2) is 4.23. The van der Waals surface area contributed by atoms with Gasteiger partial charge in [-0.25, -0.2) is 0 Å². The highest BCUT2D eigenvalue weighted by Crippen LogP contribution is 1.94. The molecule has 0 radical (unpaired) electrons. The summed E-state index contributed by atoms with van der Waals surface area (Å²) in [5.41, 5.74) is 0. The van der Waals surface area contributed by atoms with Crippen LogP contribution in [0.4, 0.5) is 0 Å². The molecule has 1 aliphatic rings. The minimum Gasteiger partial charge on any atom is -0.303 e. The summed E-state index contributed by atoms with van der Waals surface area (Å²) >= 11 is 0. The van der Waals surface area contributed by atoms with Crippen LogP contribution in [-0.2, 0) is 0 Å². The highest BCUT2D eigenvalue weighted by atomic mass is 15.1. The molecule has 0 aromatic rings. The van der Waals surface area contributed by atoms with Crippen molar-refractivity contribution in [2.24, 2.45) is 4.99 Å². The summed E-state index contributed by atoms with van der Waals surface area (Å²) in [6.07, 6.45) is 8.27. The average molecular weight is 138 g/mol. The number of hydrogen-bond acceptors (Lipinski definition) is 2. The van der Waals surface area contributed by atoms with E-state index in [1.165, 1.54) is 13.0 Å². The molecule has 1 heterocycles. The Balaban J connectivity index is 2.37. The van der Waals surface area contributed by atoms with Gasteiger partial charge in [-0.05, 0) is 26.4 Å². The van der Waals surface area contributed by atoms with Crippen molar-refractivity contribution in [1.82, 2.24) is 4.90 Å². The van der Waals surface area contributed by atoms with Crippen LogP contribution < -0.4 is 0 Å². The second-order valence-electron chi connectivity index (χ2n) is 2.62. The quantitative estimate of drug-likeness (QED) is 0.492. The zero-order valence-corrected chi connectivity index (χ0v) is 6.45. The first kappa shape index (κ1) is 7.48. The van der Waals surface area contributed by atoms with Crippen LogP contribution in [0, 0.1) is 0 Å². The molecule has 0 saturated heterocycles. The third-order valence-corrected chi connectivity index (χ3v) is 1.59. The Kier molecular flexibility index (Phi) is 3.16. The van der Waals surface area contributed by atoms with Gasteiger partial charge in [-0.15, -0.1) is 0 Å². The van der Waals surface area contributed by atoms with Crippen molar-refractivity contribution in [3.63, 3.8) is 0 Å². The maximum atomic E-state index is 4.09. The van der Waals surface area contributed by atoms with Gasteiger partial charge in [-0.1, -0.05) is 6.08 Å². The third-order valence-electron chi connectivity index (χ3n) is 1.59. The summed E-state index contributed by atoms with van der Waals surface area (Å²) in [4.78, 5) is 6.39. The Bertz CT molecular complexity index is 138. The largest absolute Gasteiger partial charge is 0.303 e. The van der Waals surface area contributed by atoms with E-state index in [9.17, 15) is 0 Å². The Morgan fingerprint density at radius 3 is 3.30 bits per heavy atom. The molecule has 0 saturated carbocycles. The molecule has 10 heavy (non-hydrogen) atoms. The highest BCUT2D eigenvalue weighted by molar-refractivity contribution is 5.57. The van der Waals surface area contributed by atoms with Gasteiger partial charge >= 0.3 is 0 Å². The lowest BCUT2D eigenvalue weighted by Gasteiger charge is -2.11. The lowest BCUT2D eigenvalue weighted by atomic mass is 10.3. The van der Waals surface area contributed by atoms with Crippen LogP contribution in [0.2, 0.25) is 0 Å². The van der Waals surface area contributed by atoms with Gasteiger partial charge in [-0.3, -0.25) is 4.99 Å². The van der Waals surface area contributed by atoms with Crippen molar-refractivity contribution in [2.45, 2.75) is 12.8 Å². The summed E-state index contributed by atoms with van der Waals surface area (Å²) < 4.78 is 0. The molecule has 1 rings (SSSR count). The van der Waals surface area contributed by atoms with Crippen LogP contribution in [0.5, 0.6) is 0 Å². The fraction of sp³-hybridized carbons (Fsp3) is 0.625. The maximum absolute atomic E-state index is 4.09. The predicted molar refractivity (Wildman–Crippen MR) is 44.4 cm³/mol. The molecule has 2 heteroatoms. The van der Waals surface area contributed by atoms with Gasteiger partial charge in [-0.2, -0.15) is 0 Å². The van der Waals surface area contributed by atoms with E-state index in [1.54, 1.807) is 0 Å². The third kappa shape index (κ3) is 2.78. The van der Waals surface area contributed by atoms with Crippen LogP contribution in [0.3, 0.4) is 0 Å². The fourth-order valence-corrected chi connectivity index (χ4v) is 0.967. The van der Waals surface area contributed by atoms with E-state index in [2.05, 4.69) is 23.0 Å². The van der Waals surface area contributed by atoms with Gasteiger partial charge in [0.1, 0.15) is 0 Å². The molecule has 0 amide bonds. The van der Waals surface area contributed by atoms with Crippen molar-refractivity contribution in [3.8, 4) is 0 Å². The van der Waals surface area contributed by atoms with Gasteiger partial charge < -0.3 is 4.90 Å². The molecule has 0 unspecified atom stereocenters. The Hall–Kier alpha value is -0.630. The van der Waals surface area contributed by atoms with Crippen LogP contribution >= 0.6 is 0 Å². The molecule has 0 aromatic carbocycles. The van der Waals surface area contributed by atoms with E-state index in [4.69, 9.17) is 0 Å². The minimum atomic E-state index is 1.03. The summed E-state index contributed by atoms with van der Waals surface area (Å²) in [5.74, 6) is 0. The Morgan fingerprint density at radius 2 is 2.40 bits per heavy atom.